The fraction of sp³-hybridized carbons (Fsp3) is 0.167. The Labute approximate surface area is 144 Å². The Morgan fingerprint density at radius 1 is 1.17 bits per heavy atom. The zero-order valence-electron chi connectivity index (χ0n) is 13.2. The number of ether oxygens (including phenoxy) is 1. The van der Waals surface area contributed by atoms with Crippen molar-refractivity contribution in [3.05, 3.63) is 59.7 Å². The van der Waals surface area contributed by atoms with Gasteiger partial charge in [-0.05, 0) is 36.2 Å². The zero-order valence-corrected chi connectivity index (χ0v) is 14.0. The second kappa shape index (κ2) is 7.70. The number of aromatic nitrogens is 2. The highest BCUT2D eigenvalue weighted by Gasteiger charge is 2.08. The quantitative estimate of drug-likeness (QED) is 0.742. The average molecular weight is 339 g/mol. The van der Waals surface area contributed by atoms with Crippen LogP contribution in [0.1, 0.15) is 12.5 Å². The van der Waals surface area contributed by atoms with Crippen LogP contribution in [0.25, 0.3) is 11.3 Å². The molecule has 2 aromatic heterocycles. The molecule has 2 heterocycles. The van der Waals surface area contributed by atoms with Crippen molar-refractivity contribution in [2.24, 2.45) is 0 Å². The van der Waals surface area contributed by atoms with E-state index in [2.05, 4.69) is 22.2 Å². The summed E-state index contributed by atoms with van der Waals surface area (Å²) in [5.74, 6) is 0.448. The molecule has 1 aromatic carbocycles. The van der Waals surface area contributed by atoms with E-state index in [-0.39, 0.29) is 12.5 Å². The average Bonchev–Trinajstić information content (AvgIpc) is 3.09. The molecule has 0 saturated carbocycles. The van der Waals surface area contributed by atoms with E-state index in [0.717, 1.165) is 17.7 Å². The van der Waals surface area contributed by atoms with E-state index in [1.54, 1.807) is 12.4 Å². The van der Waals surface area contributed by atoms with Gasteiger partial charge in [0.05, 0.1) is 5.69 Å². The van der Waals surface area contributed by atoms with Gasteiger partial charge in [-0.1, -0.05) is 19.1 Å². The monoisotopic (exact) mass is 339 g/mol. The maximum atomic E-state index is 12.0. The van der Waals surface area contributed by atoms with Crippen molar-refractivity contribution >= 4 is 22.4 Å². The molecule has 0 saturated heterocycles. The lowest BCUT2D eigenvalue weighted by molar-refractivity contribution is -0.118. The second-order valence-electron chi connectivity index (χ2n) is 5.11. The van der Waals surface area contributed by atoms with Gasteiger partial charge in [0.25, 0.3) is 5.91 Å². The Hall–Kier alpha value is -2.73. The van der Waals surface area contributed by atoms with Gasteiger partial charge in [-0.15, -0.1) is 11.3 Å². The predicted molar refractivity (Wildman–Crippen MR) is 95.3 cm³/mol. The molecule has 6 heteroatoms. The van der Waals surface area contributed by atoms with Crippen molar-refractivity contribution in [2.45, 2.75) is 13.3 Å². The number of carbonyl (C=O) groups excluding carboxylic acids is 1. The smallest absolute Gasteiger partial charge is 0.264 e. The highest BCUT2D eigenvalue weighted by Crippen LogP contribution is 2.24. The molecule has 0 atom stereocenters. The van der Waals surface area contributed by atoms with E-state index in [1.165, 1.54) is 16.9 Å². The first kappa shape index (κ1) is 16.1. The van der Waals surface area contributed by atoms with Gasteiger partial charge in [0.15, 0.2) is 11.7 Å². The lowest BCUT2D eigenvalue weighted by Crippen LogP contribution is -2.20. The second-order valence-corrected chi connectivity index (χ2v) is 5.97. The van der Waals surface area contributed by atoms with Gasteiger partial charge >= 0.3 is 0 Å². The van der Waals surface area contributed by atoms with Crippen LogP contribution in [0.5, 0.6) is 5.75 Å². The molecule has 0 unspecified atom stereocenters. The predicted octanol–water partition coefficient (Wildman–Crippen LogP) is 3.79. The van der Waals surface area contributed by atoms with Crippen LogP contribution in [-0.4, -0.2) is 22.5 Å². The largest absolute Gasteiger partial charge is 0.484 e. The molecule has 0 fully saturated rings. The summed E-state index contributed by atoms with van der Waals surface area (Å²) < 4.78 is 5.49. The maximum absolute atomic E-state index is 12.0. The number of rotatable bonds is 6. The van der Waals surface area contributed by atoms with Gasteiger partial charge < -0.3 is 4.74 Å². The molecule has 5 nitrogen and oxygen atoms in total. The Kier molecular flexibility index (Phi) is 5.18. The van der Waals surface area contributed by atoms with Crippen LogP contribution >= 0.6 is 11.3 Å². The van der Waals surface area contributed by atoms with Gasteiger partial charge in [-0.2, -0.15) is 0 Å². The number of nitrogens with one attached hydrogen (secondary N) is 1. The van der Waals surface area contributed by atoms with Gasteiger partial charge in [-0.25, -0.2) is 4.98 Å². The Bertz CT molecular complexity index is 801. The van der Waals surface area contributed by atoms with Crippen molar-refractivity contribution in [1.82, 2.24) is 9.97 Å². The highest BCUT2D eigenvalue weighted by atomic mass is 32.1. The van der Waals surface area contributed by atoms with Crippen molar-refractivity contribution in [2.75, 3.05) is 11.9 Å². The lowest BCUT2D eigenvalue weighted by atomic mass is 10.2. The van der Waals surface area contributed by atoms with Gasteiger partial charge in [-0.3, -0.25) is 15.1 Å². The first-order chi connectivity index (χ1) is 11.7. The van der Waals surface area contributed by atoms with E-state index < -0.39 is 0 Å². The topological polar surface area (TPSA) is 64.1 Å². The fourth-order valence-corrected chi connectivity index (χ4v) is 2.85. The molecule has 0 aliphatic heterocycles. The van der Waals surface area contributed by atoms with Crippen molar-refractivity contribution in [1.29, 1.82) is 0 Å². The van der Waals surface area contributed by atoms with E-state index in [1.807, 2.05) is 41.8 Å². The number of pyridine rings is 1. The summed E-state index contributed by atoms with van der Waals surface area (Å²) in [4.78, 5) is 20.4. The SMILES string of the molecule is CCc1ccc(OCC(=O)Nc2nc(-c3ccncc3)cs2)cc1. The molecule has 0 aliphatic rings. The zero-order chi connectivity index (χ0) is 16.8. The van der Waals surface area contributed by atoms with Crippen LogP contribution in [0.15, 0.2) is 54.2 Å². The van der Waals surface area contributed by atoms with E-state index in [4.69, 9.17) is 4.74 Å². The summed E-state index contributed by atoms with van der Waals surface area (Å²) in [6, 6.07) is 11.5. The van der Waals surface area contributed by atoms with Crippen LogP contribution in [0.2, 0.25) is 0 Å². The molecule has 3 aromatic rings. The van der Waals surface area contributed by atoms with Crippen LogP contribution in [0, 0.1) is 0 Å². The lowest BCUT2D eigenvalue weighted by Gasteiger charge is -2.06. The molecule has 1 amide bonds. The first-order valence-electron chi connectivity index (χ1n) is 7.62. The Morgan fingerprint density at radius 3 is 2.62 bits per heavy atom. The fourth-order valence-electron chi connectivity index (χ4n) is 2.11. The number of carbonyl (C=O) groups is 1. The van der Waals surface area contributed by atoms with Crippen LogP contribution in [0.3, 0.4) is 0 Å². The summed E-state index contributed by atoms with van der Waals surface area (Å²) >= 11 is 1.38. The summed E-state index contributed by atoms with van der Waals surface area (Å²) in [7, 11) is 0. The minimum absolute atomic E-state index is 0.0460. The standard InChI is InChI=1S/C18H17N3O2S/c1-2-13-3-5-15(6-4-13)23-11-17(22)21-18-20-16(12-24-18)14-7-9-19-10-8-14/h3-10,12H,2,11H2,1H3,(H,20,21,22). The summed E-state index contributed by atoms with van der Waals surface area (Å²) in [5.41, 5.74) is 3.01. The number of hydrogen-bond donors (Lipinski definition) is 1. The summed E-state index contributed by atoms with van der Waals surface area (Å²) in [6.45, 7) is 2.05. The van der Waals surface area contributed by atoms with Crippen LogP contribution in [0.4, 0.5) is 5.13 Å². The molecule has 0 radical (unpaired) electrons. The highest BCUT2D eigenvalue weighted by molar-refractivity contribution is 7.14. The van der Waals surface area contributed by atoms with Gasteiger partial charge in [0.1, 0.15) is 5.75 Å². The molecule has 24 heavy (non-hydrogen) atoms. The number of benzene rings is 1. The Morgan fingerprint density at radius 2 is 1.92 bits per heavy atom. The van der Waals surface area contributed by atoms with Crippen LogP contribution in [-0.2, 0) is 11.2 Å². The third-order valence-electron chi connectivity index (χ3n) is 3.43. The molecule has 0 bridgehead atoms. The number of thiazole rings is 1. The Balaban J connectivity index is 1.54. The number of hydrogen-bond acceptors (Lipinski definition) is 5. The van der Waals surface area contributed by atoms with E-state index >= 15 is 0 Å². The molecule has 1 N–H and O–H groups in total. The van der Waals surface area contributed by atoms with E-state index in [9.17, 15) is 4.79 Å². The number of nitrogens with zero attached hydrogens (tertiary/aromatic N) is 2. The van der Waals surface area contributed by atoms with Crippen molar-refractivity contribution in [3.8, 4) is 17.0 Å². The van der Waals surface area contributed by atoms with Gasteiger partial charge in [0.2, 0.25) is 0 Å². The minimum Gasteiger partial charge on any atom is -0.484 e. The molecular weight excluding hydrogens is 322 g/mol. The van der Waals surface area contributed by atoms with Gasteiger partial charge in [0, 0.05) is 23.3 Å². The van der Waals surface area contributed by atoms with Crippen molar-refractivity contribution in [3.63, 3.8) is 0 Å². The minimum atomic E-state index is -0.231. The third kappa shape index (κ3) is 4.17. The molecule has 122 valence electrons. The molecular formula is C18H17N3O2S. The number of aryl methyl sites for hydroxylation is 1. The summed E-state index contributed by atoms with van der Waals surface area (Å²) in [6.07, 6.45) is 4.40. The molecule has 0 spiro atoms. The summed E-state index contributed by atoms with van der Waals surface area (Å²) in [5, 5.41) is 5.20. The van der Waals surface area contributed by atoms with Crippen LogP contribution < -0.4 is 10.1 Å². The number of anilines is 1. The third-order valence-corrected chi connectivity index (χ3v) is 4.19. The normalized spacial score (nSPS) is 10.4. The number of amides is 1. The molecule has 3 rings (SSSR count). The molecule has 0 aliphatic carbocycles. The van der Waals surface area contributed by atoms with E-state index in [0.29, 0.717) is 10.9 Å². The first-order valence-corrected chi connectivity index (χ1v) is 8.50. The van der Waals surface area contributed by atoms with Crippen molar-refractivity contribution < 1.29 is 9.53 Å². The maximum Gasteiger partial charge on any atom is 0.264 e.